The predicted molar refractivity (Wildman–Crippen MR) is 63.8 cm³/mol. The third-order valence-corrected chi connectivity index (χ3v) is 2.75. The van der Waals surface area contributed by atoms with E-state index < -0.39 is 0 Å². The van der Waals surface area contributed by atoms with Crippen LogP contribution in [0, 0.1) is 17.2 Å². The van der Waals surface area contributed by atoms with Crippen LogP contribution in [-0.4, -0.2) is 11.7 Å². The van der Waals surface area contributed by atoms with Crippen molar-refractivity contribution in [2.45, 2.75) is 6.42 Å². The highest BCUT2D eigenvalue weighted by atomic mass is 16.3. The molecule has 0 fully saturated rings. The van der Waals surface area contributed by atoms with Gasteiger partial charge in [-0.15, -0.1) is 0 Å². The van der Waals surface area contributed by atoms with Gasteiger partial charge in [0.05, 0.1) is 18.6 Å². The first-order valence-corrected chi connectivity index (χ1v) is 5.32. The van der Waals surface area contributed by atoms with E-state index in [2.05, 4.69) is 24.3 Å². The van der Waals surface area contributed by atoms with E-state index in [-0.39, 0.29) is 12.5 Å². The van der Waals surface area contributed by atoms with Gasteiger partial charge in [-0.3, -0.25) is 0 Å². The Morgan fingerprint density at radius 3 is 2.62 bits per heavy atom. The average Bonchev–Trinajstić information content (AvgIpc) is 2.36. The molecule has 2 aromatic carbocycles. The quantitative estimate of drug-likeness (QED) is 0.847. The molecule has 0 radical (unpaired) electrons. The fourth-order valence-electron chi connectivity index (χ4n) is 1.89. The normalized spacial score (nSPS) is 12.2. The second-order valence-electron chi connectivity index (χ2n) is 3.85. The minimum atomic E-state index is -0.314. The SMILES string of the molecule is N#CC(CO)Cc1cccc2ccccc12. The van der Waals surface area contributed by atoms with Crippen LogP contribution in [-0.2, 0) is 6.42 Å². The number of aliphatic hydroxyl groups excluding tert-OH is 1. The molecular formula is C14H13NO. The summed E-state index contributed by atoms with van der Waals surface area (Å²) in [6.45, 7) is -0.0836. The van der Waals surface area contributed by atoms with Gasteiger partial charge in [-0.05, 0) is 22.8 Å². The summed E-state index contributed by atoms with van der Waals surface area (Å²) in [7, 11) is 0. The Hall–Kier alpha value is -1.85. The van der Waals surface area contributed by atoms with Crippen molar-refractivity contribution in [1.82, 2.24) is 0 Å². The Balaban J connectivity index is 2.41. The molecule has 1 atom stereocenters. The van der Waals surface area contributed by atoms with Crippen LogP contribution in [0.5, 0.6) is 0 Å². The Kier molecular flexibility index (Phi) is 3.19. The molecule has 0 aliphatic heterocycles. The van der Waals surface area contributed by atoms with E-state index in [0.29, 0.717) is 6.42 Å². The lowest BCUT2D eigenvalue weighted by Crippen LogP contribution is -2.06. The number of aliphatic hydroxyl groups is 1. The van der Waals surface area contributed by atoms with Crippen LogP contribution in [0.2, 0.25) is 0 Å². The zero-order valence-corrected chi connectivity index (χ0v) is 8.93. The van der Waals surface area contributed by atoms with Gasteiger partial charge < -0.3 is 5.11 Å². The van der Waals surface area contributed by atoms with Crippen molar-refractivity contribution in [1.29, 1.82) is 5.26 Å². The molecule has 16 heavy (non-hydrogen) atoms. The minimum Gasteiger partial charge on any atom is -0.395 e. The molecule has 0 bridgehead atoms. The number of hydrogen-bond acceptors (Lipinski definition) is 2. The maximum atomic E-state index is 9.04. The van der Waals surface area contributed by atoms with Gasteiger partial charge in [0.15, 0.2) is 0 Å². The second-order valence-corrected chi connectivity index (χ2v) is 3.85. The topological polar surface area (TPSA) is 44.0 Å². The van der Waals surface area contributed by atoms with Gasteiger partial charge in [-0.1, -0.05) is 42.5 Å². The number of benzene rings is 2. The lowest BCUT2D eigenvalue weighted by molar-refractivity contribution is 0.256. The molecule has 1 N–H and O–H groups in total. The smallest absolute Gasteiger partial charge is 0.0734 e. The van der Waals surface area contributed by atoms with Gasteiger partial charge in [0.25, 0.3) is 0 Å². The maximum absolute atomic E-state index is 9.04. The van der Waals surface area contributed by atoms with Crippen molar-refractivity contribution in [3.63, 3.8) is 0 Å². The van der Waals surface area contributed by atoms with E-state index in [0.717, 1.165) is 5.56 Å². The lowest BCUT2D eigenvalue weighted by atomic mass is 9.96. The molecule has 2 heteroatoms. The number of nitriles is 1. The first-order valence-electron chi connectivity index (χ1n) is 5.32. The first-order chi connectivity index (χ1) is 7.85. The second kappa shape index (κ2) is 4.78. The number of rotatable bonds is 3. The molecule has 2 aromatic rings. The lowest BCUT2D eigenvalue weighted by Gasteiger charge is -2.08. The summed E-state index contributed by atoms with van der Waals surface area (Å²) in [6, 6.07) is 16.3. The molecule has 0 saturated carbocycles. The average molecular weight is 211 g/mol. The summed E-state index contributed by atoms with van der Waals surface area (Å²) in [5.41, 5.74) is 1.12. The van der Waals surface area contributed by atoms with E-state index in [4.69, 9.17) is 10.4 Å². The fourth-order valence-corrected chi connectivity index (χ4v) is 1.89. The molecule has 0 aliphatic rings. The molecule has 0 saturated heterocycles. The van der Waals surface area contributed by atoms with Gasteiger partial charge in [-0.2, -0.15) is 5.26 Å². The van der Waals surface area contributed by atoms with Crippen molar-refractivity contribution < 1.29 is 5.11 Å². The van der Waals surface area contributed by atoms with Crippen LogP contribution >= 0.6 is 0 Å². The Morgan fingerprint density at radius 1 is 1.12 bits per heavy atom. The molecule has 1 unspecified atom stereocenters. The van der Waals surface area contributed by atoms with Gasteiger partial charge in [0, 0.05) is 0 Å². The maximum Gasteiger partial charge on any atom is 0.0734 e. The van der Waals surface area contributed by atoms with Crippen LogP contribution in [0.3, 0.4) is 0 Å². The summed E-state index contributed by atoms with van der Waals surface area (Å²) in [5, 5.41) is 20.2. The van der Waals surface area contributed by atoms with E-state index in [1.165, 1.54) is 10.8 Å². The van der Waals surface area contributed by atoms with Gasteiger partial charge in [0.1, 0.15) is 0 Å². The molecule has 0 amide bonds. The summed E-state index contributed by atoms with van der Waals surface area (Å²) >= 11 is 0. The van der Waals surface area contributed by atoms with E-state index in [9.17, 15) is 0 Å². The zero-order chi connectivity index (χ0) is 11.4. The van der Waals surface area contributed by atoms with Crippen LogP contribution < -0.4 is 0 Å². The highest BCUT2D eigenvalue weighted by Crippen LogP contribution is 2.20. The zero-order valence-electron chi connectivity index (χ0n) is 8.93. The standard InChI is InChI=1S/C14H13NO/c15-9-11(10-16)8-13-6-3-5-12-4-1-2-7-14(12)13/h1-7,11,16H,8,10H2. The highest BCUT2D eigenvalue weighted by molar-refractivity contribution is 5.85. The van der Waals surface area contributed by atoms with Gasteiger partial charge in [0.2, 0.25) is 0 Å². The molecular weight excluding hydrogens is 198 g/mol. The molecule has 80 valence electrons. The molecule has 2 nitrogen and oxygen atoms in total. The Bertz CT molecular complexity index is 522. The van der Waals surface area contributed by atoms with Gasteiger partial charge >= 0.3 is 0 Å². The predicted octanol–water partition coefficient (Wildman–Crippen LogP) is 2.51. The first kappa shape index (κ1) is 10.7. The fraction of sp³-hybridized carbons (Fsp3) is 0.214. The summed E-state index contributed by atoms with van der Waals surface area (Å²) in [4.78, 5) is 0. The molecule has 0 aliphatic carbocycles. The number of nitrogens with zero attached hydrogens (tertiary/aromatic N) is 1. The summed E-state index contributed by atoms with van der Waals surface area (Å²) in [5.74, 6) is -0.314. The number of fused-ring (bicyclic) bond motifs is 1. The van der Waals surface area contributed by atoms with Crippen LogP contribution in [0.1, 0.15) is 5.56 Å². The van der Waals surface area contributed by atoms with Crippen molar-refractivity contribution >= 4 is 10.8 Å². The third kappa shape index (κ3) is 2.05. The van der Waals surface area contributed by atoms with Crippen molar-refractivity contribution in [3.8, 4) is 6.07 Å². The van der Waals surface area contributed by atoms with E-state index in [1.807, 2.05) is 24.3 Å². The van der Waals surface area contributed by atoms with Crippen molar-refractivity contribution in [2.75, 3.05) is 6.61 Å². The van der Waals surface area contributed by atoms with Crippen molar-refractivity contribution in [3.05, 3.63) is 48.0 Å². The Morgan fingerprint density at radius 2 is 1.88 bits per heavy atom. The molecule has 0 heterocycles. The van der Waals surface area contributed by atoms with Crippen molar-refractivity contribution in [2.24, 2.45) is 5.92 Å². The summed E-state index contributed by atoms with van der Waals surface area (Å²) in [6.07, 6.45) is 0.606. The third-order valence-electron chi connectivity index (χ3n) is 2.75. The van der Waals surface area contributed by atoms with E-state index in [1.54, 1.807) is 0 Å². The molecule has 0 spiro atoms. The highest BCUT2D eigenvalue weighted by Gasteiger charge is 2.08. The van der Waals surface area contributed by atoms with E-state index >= 15 is 0 Å². The van der Waals surface area contributed by atoms with Crippen LogP contribution in [0.15, 0.2) is 42.5 Å². The van der Waals surface area contributed by atoms with Crippen LogP contribution in [0.4, 0.5) is 0 Å². The largest absolute Gasteiger partial charge is 0.395 e. The van der Waals surface area contributed by atoms with Gasteiger partial charge in [-0.25, -0.2) is 0 Å². The molecule has 2 rings (SSSR count). The summed E-state index contributed by atoms with van der Waals surface area (Å²) < 4.78 is 0. The Labute approximate surface area is 94.8 Å². The minimum absolute atomic E-state index is 0.0836. The van der Waals surface area contributed by atoms with Crippen LogP contribution in [0.25, 0.3) is 10.8 Å². The number of hydrogen-bond donors (Lipinski definition) is 1. The molecule has 0 aromatic heterocycles. The monoisotopic (exact) mass is 211 g/mol.